The molecule has 4 aromatic rings. The van der Waals surface area contributed by atoms with Crippen LogP contribution in [0.3, 0.4) is 0 Å². The molecule has 0 saturated heterocycles. The van der Waals surface area contributed by atoms with Gasteiger partial charge in [-0.15, -0.1) is 0 Å². The van der Waals surface area contributed by atoms with Gasteiger partial charge in [-0.3, -0.25) is 4.79 Å². The van der Waals surface area contributed by atoms with Crippen LogP contribution in [0.25, 0.3) is 16.7 Å². The molecule has 0 atom stereocenters. The van der Waals surface area contributed by atoms with Crippen LogP contribution in [0.1, 0.15) is 40.8 Å². The minimum absolute atomic E-state index is 0.102. The number of aromatic nitrogens is 4. The Balaban J connectivity index is 1.35. The zero-order valence-electron chi connectivity index (χ0n) is 16.4. The van der Waals surface area contributed by atoms with Crippen LogP contribution in [-0.2, 0) is 6.54 Å². The topological polar surface area (TPSA) is 64.7 Å². The quantitative estimate of drug-likeness (QED) is 0.548. The standard InChI is InChI=1S/C23H23N5O/c1-16-25-19-9-5-6-10-21(19)27(16)14-13-24-23(29)22-15-20(17-11-12-17)26-28(22)18-7-3-2-4-8-18/h2-10,15,17H,11-14H2,1H3,(H,24,29). The van der Waals surface area contributed by atoms with Crippen molar-refractivity contribution < 1.29 is 4.79 Å². The van der Waals surface area contributed by atoms with Gasteiger partial charge in [0.2, 0.25) is 0 Å². The second kappa shape index (κ2) is 7.20. The van der Waals surface area contributed by atoms with E-state index < -0.39 is 0 Å². The third-order valence-corrected chi connectivity index (χ3v) is 5.42. The van der Waals surface area contributed by atoms with Gasteiger partial charge in [0.15, 0.2) is 0 Å². The van der Waals surface area contributed by atoms with E-state index in [1.54, 1.807) is 4.68 Å². The average molecular weight is 385 g/mol. The summed E-state index contributed by atoms with van der Waals surface area (Å²) in [6, 6.07) is 19.8. The predicted octanol–water partition coefficient (Wildman–Crippen LogP) is 3.84. The highest BCUT2D eigenvalue weighted by molar-refractivity contribution is 5.93. The van der Waals surface area contributed by atoms with Gasteiger partial charge in [-0.2, -0.15) is 5.10 Å². The number of fused-ring (bicyclic) bond motifs is 1. The summed E-state index contributed by atoms with van der Waals surface area (Å²) in [7, 11) is 0. The Hall–Kier alpha value is -3.41. The van der Waals surface area contributed by atoms with Gasteiger partial charge < -0.3 is 9.88 Å². The van der Waals surface area contributed by atoms with Crippen LogP contribution in [0.15, 0.2) is 60.7 Å². The third-order valence-electron chi connectivity index (χ3n) is 5.42. The first-order valence-corrected chi connectivity index (χ1v) is 10.1. The van der Waals surface area contributed by atoms with Crippen molar-refractivity contribution in [3.05, 3.63) is 77.9 Å². The second-order valence-corrected chi connectivity index (χ2v) is 7.53. The molecule has 0 aliphatic heterocycles. The number of amides is 1. The summed E-state index contributed by atoms with van der Waals surface area (Å²) in [6.07, 6.45) is 2.31. The summed E-state index contributed by atoms with van der Waals surface area (Å²) in [5, 5.41) is 7.78. The van der Waals surface area contributed by atoms with Crippen molar-refractivity contribution in [1.29, 1.82) is 0 Å². The van der Waals surface area contributed by atoms with Gasteiger partial charge in [-0.05, 0) is 50.1 Å². The van der Waals surface area contributed by atoms with Crippen molar-refractivity contribution in [2.24, 2.45) is 0 Å². The third kappa shape index (κ3) is 3.42. The molecule has 1 N–H and O–H groups in total. The van der Waals surface area contributed by atoms with Crippen molar-refractivity contribution in [1.82, 2.24) is 24.6 Å². The van der Waals surface area contributed by atoms with Gasteiger partial charge in [0.05, 0.1) is 22.4 Å². The van der Waals surface area contributed by atoms with Gasteiger partial charge in [0, 0.05) is 19.0 Å². The molecular formula is C23H23N5O. The summed E-state index contributed by atoms with van der Waals surface area (Å²) in [5.41, 5.74) is 4.57. The monoisotopic (exact) mass is 385 g/mol. The Labute approximate surface area is 169 Å². The van der Waals surface area contributed by atoms with E-state index in [0.717, 1.165) is 41.1 Å². The summed E-state index contributed by atoms with van der Waals surface area (Å²) < 4.78 is 3.90. The molecule has 0 bridgehead atoms. The van der Waals surface area contributed by atoms with E-state index in [0.29, 0.717) is 24.7 Å². The van der Waals surface area contributed by atoms with Crippen LogP contribution >= 0.6 is 0 Å². The van der Waals surface area contributed by atoms with Crippen molar-refractivity contribution in [3.63, 3.8) is 0 Å². The number of carbonyl (C=O) groups is 1. The molecule has 2 heterocycles. The first-order valence-electron chi connectivity index (χ1n) is 10.1. The number of rotatable bonds is 6. The highest BCUT2D eigenvalue weighted by atomic mass is 16.2. The highest BCUT2D eigenvalue weighted by Gasteiger charge is 2.29. The maximum Gasteiger partial charge on any atom is 0.270 e. The van der Waals surface area contributed by atoms with Gasteiger partial charge >= 0.3 is 0 Å². The van der Waals surface area contributed by atoms with Gasteiger partial charge in [-0.1, -0.05) is 30.3 Å². The molecule has 1 saturated carbocycles. The van der Waals surface area contributed by atoms with E-state index in [1.165, 1.54) is 0 Å². The summed E-state index contributed by atoms with van der Waals surface area (Å²) in [4.78, 5) is 17.6. The van der Waals surface area contributed by atoms with Crippen molar-refractivity contribution in [2.75, 3.05) is 6.54 Å². The fraction of sp³-hybridized carbons (Fsp3) is 0.261. The van der Waals surface area contributed by atoms with Crippen molar-refractivity contribution in [2.45, 2.75) is 32.2 Å². The number of imidazole rings is 1. The van der Waals surface area contributed by atoms with Crippen LogP contribution in [0.4, 0.5) is 0 Å². The molecule has 0 radical (unpaired) electrons. The number of benzene rings is 2. The van der Waals surface area contributed by atoms with Crippen molar-refractivity contribution in [3.8, 4) is 5.69 Å². The second-order valence-electron chi connectivity index (χ2n) is 7.53. The molecule has 2 aromatic carbocycles. The van der Waals surface area contributed by atoms with E-state index >= 15 is 0 Å². The molecular weight excluding hydrogens is 362 g/mol. The van der Waals surface area contributed by atoms with E-state index in [9.17, 15) is 4.79 Å². The molecule has 1 aliphatic rings. The summed E-state index contributed by atoms with van der Waals surface area (Å²) >= 11 is 0. The molecule has 6 heteroatoms. The number of aryl methyl sites for hydroxylation is 1. The lowest BCUT2D eigenvalue weighted by Crippen LogP contribution is -2.29. The normalized spacial score (nSPS) is 13.7. The number of hydrogen-bond acceptors (Lipinski definition) is 3. The number of nitrogens with one attached hydrogen (secondary N) is 1. The average Bonchev–Trinajstić information content (AvgIpc) is 3.42. The fourth-order valence-corrected chi connectivity index (χ4v) is 3.76. The maximum absolute atomic E-state index is 13.0. The maximum atomic E-state index is 13.0. The number of hydrogen-bond donors (Lipinski definition) is 1. The van der Waals surface area contributed by atoms with Crippen LogP contribution < -0.4 is 5.32 Å². The predicted molar refractivity (Wildman–Crippen MR) is 112 cm³/mol. The molecule has 5 rings (SSSR count). The lowest BCUT2D eigenvalue weighted by molar-refractivity contribution is 0.0944. The zero-order valence-corrected chi connectivity index (χ0v) is 16.4. The van der Waals surface area contributed by atoms with Gasteiger partial charge in [0.25, 0.3) is 5.91 Å². The molecule has 0 unspecified atom stereocenters. The van der Waals surface area contributed by atoms with Crippen LogP contribution in [0.5, 0.6) is 0 Å². The molecule has 0 spiro atoms. The number of nitrogens with zero attached hydrogens (tertiary/aromatic N) is 4. The van der Waals surface area contributed by atoms with Gasteiger partial charge in [-0.25, -0.2) is 9.67 Å². The first-order chi connectivity index (χ1) is 14.2. The summed E-state index contributed by atoms with van der Waals surface area (Å²) in [5.74, 6) is 1.34. The van der Waals surface area contributed by atoms with Crippen LogP contribution in [0.2, 0.25) is 0 Å². The van der Waals surface area contributed by atoms with E-state index in [-0.39, 0.29) is 5.91 Å². The Kier molecular flexibility index (Phi) is 4.39. The number of para-hydroxylation sites is 3. The van der Waals surface area contributed by atoms with E-state index in [4.69, 9.17) is 5.10 Å². The Morgan fingerprint density at radius 2 is 1.86 bits per heavy atom. The summed E-state index contributed by atoms with van der Waals surface area (Å²) in [6.45, 7) is 3.19. The minimum Gasteiger partial charge on any atom is -0.349 e. The van der Waals surface area contributed by atoms with Crippen LogP contribution in [-0.4, -0.2) is 31.8 Å². The molecule has 146 valence electrons. The molecule has 6 nitrogen and oxygen atoms in total. The SMILES string of the molecule is Cc1nc2ccccc2n1CCNC(=O)c1cc(C2CC2)nn1-c1ccccc1. The Morgan fingerprint density at radius 1 is 1.10 bits per heavy atom. The Bertz CT molecular complexity index is 1170. The molecule has 29 heavy (non-hydrogen) atoms. The molecule has 1 fully saturated rings. The molecule has 1 amide bonds. The molecule has 1 aliphatic carbocycles. The first kappa shape index (κ1) is 17.7. The number of carbonyl (C=O) groups excluding carboxylic acids is 1. The van der Waals surface area contributed by atoms with E-state index in [1.807, 2.05) is 61.5 Å². The molecule has 2 aromatic heterocycles. The smallest absolute Gasteiger partial charge is 0.270 e. The fourth-order valence-electron chi connectivity index (χ4n) is 3.76. The van der Waals surface area contributed by atoms with E-state index in [2.05, 4.69) is 20.9 Å². The van der Waals surface area contributed by atoms with Gasteiger partial charge in [0.1, 0.15) is 11.5 Å². The largest absolute Gasteiger partial charge is 0.349 e. The zero-order chi connectivity index (χ0) is 19.8. The minimum atomic E-state index is -0.102. The highest BCUT2D eigenvalue weighted by Crippen LogP contribution is 2.39. The lowest BCUT2D eigenvalue weighted by atomic mass is 10.2. The van der Waals surface area contributed by atoms with Crippen LogP contribution in [0, 0.1) is 6.92 Å². The Morgan fingerprint density at radius 3 is 2.66 bits per heavy atom. The lowest BCUT2D eigenvalue weighted by Gasteiger charge is -2.10. The van der Waals surface area contributed by atoms with Crippen molar-refractivity contribution >= 4 is 16.9 Å².